The molecule has 0 bridgehead atoms. The van der Waals surface area contributed by atoms with Crippen LogP contribution in [0.4, 0.5) is 17.6 Å². The second-order valence-corrected chi connectivity index (χ2v) is 2.80. The van der Waals surface area contributed by atoms with E-state index in [-0.39, 0.29) is 0 Å². The fourth-order valence-electron chi connectivity index (χ4n) is 0.996. The number of carbonyl (C=O) groups excluding carboxylic acids is 1. The van der Waals surface area contributed by atoms with E-state index in [1.165, 1.54) is 0 Å². The first-order valence-electron chi connectivity index (χ1n) is 3.99. The van der Waals surface area contributed by atoms with E-state index in [9.17, 15) is 22.4 Å². The number of nitrogens with two attached hydrogens (primary N) is 1. The largest absolute Gasteiger partial charge is 0.417 e. The monoisotopic (exact) mass is 231 g/mol. The Hall–Kier alpha value is -2.03. The first kappa shape index (κ1) is 12.0. The van der Waals surface area contributed by atoms with Crippen LogP contribution in [0.1, 0.15) is 11.1 Å². The standard InChI is InChI=1S/C10H5F4NO/c11-7-2-3-8(10(12,13)14)6(5-7)1-4-9(15)16/h2-3,5H,(H2,15,16). The predicted octanol–water partition coefficient (Wildman–Crippen LogP) is 1.68. The van der Waals surface area contributed by atoms with Gasteiger partial charge in [-0.2, -0.15) is 13.2 Å². The summed E-state index contributed by atoms with van der Waals surface area (Å²) in [5.74, 6) is 1.64. The van der Waals surface area contributed by atoms with Crippen molar-refractivity contribution in [3.05, 3.63) is 35.1 Å². The Morgan fingerprint density at radius 1 is 1.31 bits per heavy atom. The summed E-state index contributed by atoms with van der Waals surface area (Å²) < 4.78 is 49.9. The van der Waals surface area contributed by atoms with Crippen LogP contribution in [0.2, 0.25) is 0 Å². The predicted molar refractivity (Wildman–Crippen MR) is 47.5 cm³/mol. The van der Waals surface area contributed by atoms with Gasteiger partial charge in [-0.15, -0.1) is 0 Å². The maximum Gasteiger partial charge on any atom is 0.417 e. The van der Waals surface area contributed by atoms with Gasteiger partial charge < -0.3 is 5.73 Å². The number of hydrogen-bond donors (Lipinski definition) is 1. The molecule has 84 valence electrons. The molecule has 2 nitrogen and oxygen atoms in total. The molecule has 0 fully saturated rings. The van der Waals surface area contributed by atoms with Gasteiger partial charge in [0.1, 0.15) is 5.82 Å². The fraction of sp³-hybridized carbons (Fsp3) is 0.100. The minimum Gasteiger partial charge on any atom is -0.359 e. The highest BCUT2D eigenvalue weighted by Gasteiger charge is 2.33. The molecule has 0 aliphatic rings. The Labute approximate surface area is 88.1 Å². The molecule has 0 aliphatic carbocycles. The third-order valence-corrected chi connectivity index (χ3v) is 1.61. The van der Waals surface area contributed by atoms with Crippen LogP contribution in [-0.2, 0) is 11.0 Å². The molecule has 2 N–H and O–H groups in total. The molecule has 1 aromatic carbocycles. The molecule has 0 radical (unpaired) electrons. The van der Waals surface area contributed by atoms with Crippen LogP contribution >= 0.6 is 0 Å². The lowest BCUT2D eigenvalue weighted by atomic mass is 10.1. The van der Waals surface area contributed by atoms with Gasteiger partial charge >= 0.3 is 6.18 Å². The van der Waals surface area contributed by atoms with E-state index >= 15 is 0 Å². The van der Waals surface area contributed by atoms with E-state index in [2.05, 4.69) is 5.73 Å². The zero-order valence-electron chi connectivity index (χ0n) is 7.73. The van der Waals surface area contributed by atoms with Gasteiger partial charge in [-0.05, 0) is 24.1 Å². The molecule has 0 aliphatic heterocycles. The molecule has 0 heterocycles. The second-order valence-electron chi connectivity index (χ2n) is 2.80. The SMILES string of the molecule is NC(=O)C#Cc1cc(F)ccc1C(F)(F)F. The molecular formula is C10H5F4NO. The topological polar surface area (TPSA) is 43.1 Å². The lowest BCUT2D eigenvalue weighted by molar-refractivity contribution is -0.137. The minimum atomic E-state index is -4.66. The van der Waals surface area contributed by atoms with Crippen molar-refractivity contribution in [3.8, 4) is 11.8 Å². The minimum absolute atomic E-state index is 0.556. The molecule has 1 rings (SSSR count). The summed E-state index contributed by atoms with van der Waals surface area (Å²) in [6, 6.07) is 1.82. The zero-order valence-corrected chi connectivity index (χ0v) is 7.73. The van der Waals surface area contributed by atoms with Gasteiger partial charge in [0.15, 0.2) is 0 Å². The average Bonchev–Trinajstić information content (AvgIpc) is 2.12. The van der Waals surface area contributed by atoms with Crippen molar-refractivity contribution in [2.45, 2.75) is 6.18 Å². The Morgan fingerprint density at radius 2 is 1.94 bits per heavy atom. The highest BCUT2D eigenvalue weighted by Crippen LogP contribution is 2.31. The van der Waals surface area contributed by atoms with Crippen LogP contribution in [0, 0.1) is 17.7 Å². The highest BCUT2D eigenvalue weighted by atomic mass is 19.4. The molecule has 0 saturated heterocycles. The molecule has 1 aromatic rings. The summed E-state index contributed by atoms with van der Waals surface area (Å²) in [7, 11) is 0. The van der Waals surface area contributed by atoms with Gasteiger partial charge in [0, 0.05) is 5.56 Å². The van der Waals surface area contributed by atoms with E-state index in [4.69, 9.17) is 0 Å². The number of benzene rings is 1. The van der Waals surface area contributed by atoms with Crippen molar-refractivity contribution < 1.29 is 22.4 Å². The van der Waals surface area contributed by atoms with Crippen LogP contribution in [0.3, 0.4) is 0 Å². The van der Waals surface area contributed by atoms with Crippen molar-refractivity contribution in [3.63, 3.8) is 0 Å². The number of amides is 1. The summed E-state index contributed by atoms with van der Waals surface area (Å²) in [6.07, 6.45) is -4.66. The third-order valence-electron chi connectivity index (χ3n) is 1.61. The van der Waals surface area contributed by atoms with Crippen molar-refractivity contribution in [1.29, 1.82) is 0 Å². The highest BCUT2D eigenvalue weighted by molar-refractivity contribution is 5.92. The summed E-state index contributed by atoms with van der Waals surface area (Å²) >= 11 is 0. The zero-order chi connectivity index (χ0) is 12.3. The molecule has 0 saturated carbocycles. The van der Waals surface area contributed by atoms with Crippen molar-refractivity contribution in [1.82, 2.24) is 0 Å². The van der Waals surface area contributed by atoms with E-state index < -0.39 is 29.0 Å². The Balaban J connectivity index is 3.31. The van der Waals surface area contributed by atoms with Crippen LogP contribution in [0.15, 0.2) is 18.2 Å². The van der Waals surface area contributed by atoms with Crippen LogP contribution in [-0.4, -0.2) is 5.91 Å². The second kappa shape index (κ2) is 4.23. The van der Waals surface area contributed by atoms with Crippen LogP contribution < -0.4 is 5.73 Å². The smallest absolute Gasteiger partial charge is 0.359 e. The summed E-state index contributed by atoms with van der Waals surface area (Å²) in [5.41, 5.74) is 2.92. The molecule has 16 heavy (non-hydrogen) atoms. The summed E-state index contributed by atoms with van der Waals surface area (Å²) in [4.78, 5) is 10.3. The maximum absolute atomic E-state index is 12.7. The lowest BCUT2D eigenvalue weighted by Gasteiger charge is -2.08. The van der Waals surface area contributed by atoms with E-state index in [0.717, 1.165) is 0 Å². The Bertz CT molecular complexity index is 482. The number of rotatable bonds is 0. The summed E-state index contributed by atoms with van der Waals surface area (Å²) in [5, 5.41) is 0. The molecule has 0 aromatic heterocycles. The molecular weight excluding hydrogens is 226 g/mol. The average molecular weight is 231 g/mol. The quantitative estimate of drug-likeness (QED) is 0.535. The van der Waals surface area contributed by atoms with Gasteiger partial charge in [0.25, 0.3) is 5.91 Å². The first-order chi connectivity index (χ1) is 7.30. The van der Waals surface area contributed by atoms with Crippen molar-refractivity contribution >= 4 is 5.91 Å². The van der Waals surface area contributed by atoms with Gasteiger partial charge in [-0.25, -0.2) is 4.39 Å². The third kappa shape index (κ3) is 2.98. The molecule has 6 heteroatoms. The first-order valence-corrected chi connectivity index (χ1v) is 3.99. The number of hydrogen-bond acceptors (Lipinski definition) is 1. The van der Waals surface area contributed by atoms with E-state index in [1.807, 2.05) is 5.92 Å². The van der Waals surface area contributed by atoms with Crippen molar-refractivity contribution in [2.75, 3.05) is 0 Å². The number of carbonyl (C=O) groups is 1. The van der Waals surface area contributed by atoms with Crippen molar-refractivity contribution in [2.24, 2.45) is 5.73 Å². The van der Waals surface area contributed by atoms with Crippen LogP contribution in [0.25, 0.3) is 0 Å². The lowest BCUT2D eigenvalue weighted by Crippen LogP contribution is -2.09. The number of alkyl halides is 3. The van der Waals surface area contributed by atoms with Gasteiger partial charge in [0.05, 0.1) is 5.56 Å². The van der Waals surface area contributed by atoms with Gasteiger partial charge in [-0.3, -0.25) is 4.79 Å². The Kier molecular flexibility index (Phi) is 3.18. The normalized spacial score (nSPS) is 10.5. The fourth-order valence-corrected chi connectivity index (χ4v) is 0.996. The molecule has 1 amide bonds. The number of primary amides is 1. The summed E-state index contributed by atoms with van der Waals surface area (Å²) in [6.45, 7) is 0. The molecule has 0 atom stereocenters. The number of halogens is 4. The van der Waals surface area contributed by atoms with Crippen LogP contribution in [0.5, 0.6) is 0 Å². The van der Waals surface area contributed by atoms with Gasteiger partial charge in [-0.1, -0.05) is 5.92 Å². The maximum atomic E-state index is 12.7. The van der Waals surface area contributed by atoms with E-state index in [0.29, 0.717) is 18.2 Å². The van der Waals surface area contributed by atoms with Gasteiger partial charge in [0.2, 0.25) is 0 Å². The Morgan fingerprint density at radius 3 is 2.44 bits per heavy atom. The molecule has 0 spiro atoms. The molecule has 0 unspecified atom stereocenters. The van der Waals surface area contributed by atoms with E-state index in [1.54, 1.807) is 5.92 Å².